The maximum atomic E-state index is 12.8. The molecule has 0 aromatic heterocycles. The van der Waals surface area contributed by atoms with E-state index in [-0.39, 0.29) is 17.6 Å². The van der Waals surface area contributed by atoms with Crippen LogP contribution in [0.15, 0.2) is 53.8 Å². The third-order valence-corrected chi connectivity index (χ3v) is 7.08. The maximum Gasteiger partial charge on any atom is 0.234 e. The fourth-order valence-electron chi connectivity index (χ4n) is 3.96. The van der Waals surface area contributed by atoms with Gasteiger partial charge in [0.25, 0.3) is 0 Å². The summed E-state index contributed by atoms with van der Waals surface area (Å²) in [4.78, 5) is 26.7. The second-order valence-corrected chi connectivity index (χ2v) is 9.53. The highest BCUT2D eigenvalue weighted by Crippen LogP contribution is 2.48. The predicted octanol–water partition coefficient (Wildman–Crippen LogP) is 2.61. The summed E-state index contributed by atoms with van der Waals surface area (Å²) in [6.45, 7) is 3.68. The molecule has 3 rings (SSSR count). The summed E-state index contributed by atoms with van der Waals surface area (Å²) in [5.41, 5.74) is 1.29. The third-order valence-electron chi connectivity index (χ3n) is 5.34. The van der Waals surface area contributed by atoms with Crippen molar-refractivity contribution in [3.8, 4) is 0 Å². The molecule has 6 heteroatoms. The number of ketones is 1. The quantitative estimate of drug-likeness (QED) is 0.744. The fourth-order valence-corrected chi connectivity index (χ4v) is 5.87. The van der Waals surface area contributed by atoms with Crippen molar-refractivity contribution >= 4 is 21.5 Å². The lowest BCUT2D eigenvalue weighted by atomic mass is 9.75. The number of benzene rings is 1. The molecule has 1 aromatic carbocycles. The minimum absolute atomic E-state index is 0.174. The SMILES string of the molecule is CC1=CC=C2C(C1)C(C)(CS(=O)(=O)CC(=O)c1ccccc1)C(=O)N2C. The highest BCUT2D eigenvalue weighted by atomic mass is 32.2. The van der Waals surface area contributed by atoms with Crippen LogP contribution >= 0.6 is 0 Å². The Morgan fingerprint density at radius 1 is 1.23 bits per heavy atom. The van der Waals surface area contributed by atoms with Crippen molar-refractivity contribution in [1.82, 2.24) is 4.90 Å². The number of carbonyl (C=O) groups excluding carboxylic acids is 2. The molecule has 0 bridgehead atoms. The highest BCUT2D eigenvalue weighted by Gasteiger charge is 2.54. The van der Waals surface area contributed by atoms with Crippen molar-refractivity contribution in [2.75, 3.05) is 18.6 Å². The van der Waals surface area contributed by atoms with Gasteiger partial charge in [-0.25, -0.2) is 8.42 Å². The Bertz CT molecular complexity index is 914. The molecular weight excluding hydrogens is 350 g/mol. The zero-order valence-corrected chi connectivity index (χ0v) is 16.0. The second-order valence-electron chi connectivity index (χ2n) is 7.46. The van der Waals surface area contributed by atoms with Crippen LogP contribution in [-0.2, 0) is 14.6 Å². The molecule has 2 unspecified atom stereocenters. The molecule has 0 saturated carbocycles. The van der Waals surface area contributed by atoms with Gasteiger partial charge in [-0.15, -0.1) is 0 Å². The summed E-state index contributed by atoms with van der Waals surface area (Å²) in [6, 6.07) is 8.37. The molecule has 1 amide bonds. The molecule has 1 aromatic rings. The molecule has 1 fully saturated rings. The zero-order valence-electron chi connectivity index (χ0n) is 15.2. The number of nitrogens with zero attached hydrogens (tertiary/aromatic N) is 1. The third kappa shape index (κ3) is 3.26. The van der Waals surface area contributed by atoms with Crippen LogP contribution in [-0.4, -0.2) is 43.6 Å². The molecule has 0 spiro atoms. The van der Waals surface area contributed by atoms with E-state index in [1.54, 1.807) is 49.2 Å². The monoisotopic (exact) mass is 373 g/mol. The minimum Gasteiger partial charge on any atom is -0.318 e. The first-order valence-electron chi connectivity index (χ1n) is 8.58. The van der Waals surface area contributed by atoms with E-state index in [2.05, 4.69) is 0 Å². The van der Waals surface area contributed by atoms with E-state index < -0.39 is 26.8 Å². The number of hydrogen-bond acceptors (Lipinski definition) is 4. The predicted molar refractivity (Wildman–Crippen MR) is 100 cm³/mol. The zero-order chi connectivity index (χ0) is 19.1. The van der Waals surface area contributed by atoms with Gasteiger partial charge in [0.1, 0.15) is 5.75 Å². The van der Waals surface area contributed by atoms with Gasteiger partial charge < -0.3 is 4.90 Å². The molecule has 138 valence electrons. The van der Waals surface area contributed by atoms with Crippen LogP contribution in [0.25, 0.3) is 0 Å². The first-order valence-corrected chi connectivity index (χ1v) is 10.4. The molecule has 1 heterocycles. The molecule has 1 saturated heterocycles. The number of hydrogen-bond donors (Lipinski definition) is 0. The number of allylic oxidation sites excluding steroid dienone is 4. The van der Waals surface area contributed by atoms with Gasteiger partial charge in [0.15, 0.2) is 15.6 Å². The Kier molecular flexibility index (Phi) is 4.65. The lowest BCUT2D eigenvalue weighted by Gasteiger charge is -2.29. The molecule has 5 nitrogen and oxygen atoms in total. The van der Waals surface area contributed by atoms with Crippen molar-refractivity contribution in [1.29, 1.82) is 0 Å². The van der Waals surface area contributed by atoms with E-state index in [9.17, 15) is 18.0 Å². The molecule has 0 N–H and O–H groups in total. The molecule has 2 aliphatic rings. The smallest absolute Gasteiger partial charge is 0.234 e. The first kappa shape index (κ1) is 18.6. The normalized spacial score (nSPS) is 25.6. The molecule has 0 radical (unpaired) electrons. The lowest BCUT2D eigenvalue weighted by molar-refractivity contribution is -0.133. The first-order chi connectivity index (χ1) is 12.1. The van der Waals surface area contributed by atoms with E-state index >= 15 is 0 Å². The Labute approximate surface area is 154 Å². The molecule has 1 aliphatic carbocycles. The number of sulfone groups is 1. The van der Waals surface area contributed by atoms with Crippen LogP contribution in [0.5, 0.6) is 0 Å². The van der Waals surface area contributed by atoms with E-state index in [0.29, 0.717) is 12.0 Å². The number of rotatable bonds is 5. The van der Waals surface area contributed by atoms with Gasteiger partial charge in [-0.2, -0.15) is 0 Å². The Balaban J connectivity index is 1.84. The van der Waals surface area contributed by atoms with Crippen LogP contribution in [0.4, 0.5) is 0 Å². The van der Waals surface area contributed by atoms with Crippen LogP contribution in [0.2, 0.25) is 0 Å². The summed E-state index contributed by atoms with van der Waals surface area (Å²) >= 11 is 0. The number of Topliss-reactive ketones (excluding diaryl/α,β-unsaturated/α-hetero) is 1. The topological polar surface area (TPSA) is 71.5 Å². The fraction of sp³-hybridized carbons (Fsp3) is 0.400. The van der Waals surface area contributed by atoms with Crippen LogP contribution in [0.3, 0.4) is 0 Å². The van der Waals surface area contributed by atoms with Crippen molar-refractivity contribution in [3.05, 3.63) is 59.3 Å². The van der Waals surface area contributed by atoms with Gasteiger partial charge in [-0.3, -0.25) is 9.59 Å². The Hall–Kier alpha value is -2.21. The van der Waals surface area contributed by atoms with Crippen molar-refractivity contribution in [2.45, 2.75) is 20.3 Å². The number of fused-ring (bicyclic) bond motifs is 1. The average molecular weight is 373 g/mol. The lowest BCUT2D eigenvalue weighted by Crippen LogP contribution is -2.40. The number of carbonyl (C=O) groups is 2. The van der Waals surface area contributed by atoms with Gasteiger partial charge in [0.2, 0.25) is 5.91 Å². The van der Waals surface area contributed by atoms with Gasteiger partial charge >= 0.3 is 0 Å². The van der Waals surface area contributed by atoms with Gasteiger partial charge in [0.05, 0.1) is 11.2 Å². The van der Waals surface area contributed by atoms with Crippen LogP contribution in [0.1, 0.15) is 30.6 Å². The summed E-state index contributed by atoms with van der Waals surface area (Å²) in [7, 11) is -2.06. The van der Waals surface area contributed by atoms with Crippen molar-refractivity contribution < 1.29 is 18.0 Å². The largest absolute Gasteiger partial charge is 0.318 e. The number of likely N-dealkylation sites (tertiary alicyclic amines) is 1. The maximum absolute atomic E-state index is 12.8. The highest BCUT2D eigenvalue weighted by molar-refractivity contribution is 7.92. The molecule has 1 aliphatic heterocycles. The standard InChI is InChI=1S/C20H23NO4S/c1-14-9-10-17-16(11-14)20(2,19(23)21(17)3)13-26(24,25)12-18(22)15-7-5-4-6-8-15/h4-10,16H,11-13H2,1-3H3. The van der Waals surface area contributed by atoms with Gasteiger partial charge in [0, 0.05) is 24.2 Å². The molecule has 26 heavy (non-hydrogen) atoms. The van der Waals surface area contributed by atoms with E-state index in [1.807, 2.05) is 19.1 Å². The number of amides is 1. The van der Waals surface area contributed by atoms with Crippen LogP contribution in [0, 0.1) is 11.3 Å². The van der Waals surface area contributed by atoms with E-state index in [4.69, 9.17) is 0 Å². The summed E-state index contributed by atoms with van der Waals surface area (Å²) in [6.07, 6.45) is 4.52. The minimum atomic E-state index is -3.74. The molecular formula is C20H23NO4S. The van der Waals surface area contributed by atoms with E-state index in [0.717, 1.165) is 11.3 Å². The Morgan fingerprint density at radius 2 is 1.88 bits per heavy atom. The van der Waals surface area contributed by atoms with Gasteiger partial charge in [-0.05, 0) is 26.3 Å². The summed E-state index contributed by atoms with van der Waals surface area (Å²) in [5, 5.41) is 0. The average Bonchev–Trinajstić information content (AvgIpc) is 2.76. The van der Waals surface area contributed by atoms with E-state index in [1.165, 1.54) is 0 Å². The Morgan fingerprint density at radius 3 is 2.54 bits per heavy atom. The second kappa shape index (κ2) is 6.50. The molecule has 2 atom stereocenters. The van der Waals surface area contributed by atoms with Crippen molar-refractivity contribution in [3.63, 3.8) is 0 Å². The van der Waals surface area contributed by atoms with Gasteiger partial charge in [-0.1, -0.05) is 42.0 Å². The van der Waals surface area contributed by atoms with Crippen LogP contribution < -0.4 is 0 Å². The van der Waals surface area contributed by atoms with Crippen molar-refractivity contribution in [2.24, 2.45) is 11.3 Å². The summed E-state index contributed by atoms with van der Waals surface area (Å²) in [5.74, 6) is -1.72. The summed E-state index contributed by atoms with van der Waals surface area (Å²) < 4.78 is 25.5.